The first-order valence-corrected chi connectivity index (χ1v) is 11.7. The number of halogens is 3. The highest BCUT2D eigenvalue weighted by molar-refractivity contribution is 5.99. The molecule has 0 radical (unpaired) electrons. The first kappa shape index (κ1) is 29.1. The Bertz CT molecular complexity index is 1180. The number of amides is 1. The molecule has 3 rings (SSSR count). The zero-order valence-electron chi connectivity index (χ0n) is 21.2. The van der Waals surface area contributed by atoms with Crippen molar-refractivity contribution in [3.8, 4) is 0 Å². The second kappa shape index (κ2) is 13.8. The van der Waals surface area contributed by atoms with Gasteiger partial charge >= 0.3 is 6.18 Å². The number of nitrogens with two attached hydrogens (primary N) is 1. The average molecular weight is 512 g/mol. The molecule has 0 aromatic heterocycles. The van der Waals surface area contributed by atoms with Crippen LogP contribution in [-0.2, 0) is 11.0 Å². The van der Waals surface area contributed by atoms with Gasteiger partial charge < -0.3 is 21.7 Å². The summed E-state index contributed by atoms with van der Waals surface area (Å²) >= 11 is 0. The Labute approximate surface area is 215 Å². The van der Waals surface area contributed by atoms with Gasteiger partial charge in [-0.3, -0.25) is 9.79 Å². The summed E-state index contributed by atoms with van der Waals surface area (Å²) in [7, 11) is 0. The van der Waals surface area contributed by atoms with Crippen molar-refractivity contribution >= 4 is 29.3 Å². The largest absolute Gasteiger partial charge is 0.416 e. The topological polar surface area (TPSA) is 91.5 Å². The van der Waals surface area contributed by atoms with Gasteiger partial charge in [-0.2, -0.15) is 13.2 Å². The molecule has 0 aliphatic heterocycles. The zero-order valence-corrected chi connectivity index (χ0v) is 21.2. The number of nitrogens with zero attached hydrogens (tertiary/aromatic N) is 1. The van der Waals surface area contributed by atoms with Crippen molar-refractivity contribution in [3.63, 3.8) is 0 Å². The van der Waals surface area contributed by atoms with Gasteiger partial charge in [0.1, 0.15) is 6.17 Å². The molecule has 9 heteroatoms. The number of para-hydroxylation sites is 1. The van der Waals surface area contributed by atoms with Crippen LogP contribution in [0, 0.1) is 13.8 Å². The number of alkyl halides is 3. The van der Waals surface area contributed by atoms with Gasteiger partial charge in [-0.25, -0.2) is 0 Å². The first-order chi connectivity index (χ1) is 17.6. The van der Waals surface area contributed by atoms with Gasteiger partial charge in [0.15, 0.2) is 0 Å². The Kier molecular flexibility index (Phi) is 10.9. The molecule has 37 heavy (non-hydrogen) atoms. The van der Waals surface area contributed by atoms with Crippen LogP contribution >= 0.6 is 0 Å². The molecule has 0 aliphatic carbocycles. The maximum absolute atomic E-state index is 12.6. The maximum Gasteiger partial charge on any atom is 0.416 e. The highest BCUT2D eigenvalue weighted by atomic mass is 19.4. The molecule has 3 aromatic carbocycles. The number of aryl methyl sites for hydroxylation is 2. The summed E-state index contributed by atoms with van der Waals surface area (Å²) in [6.07, 6.45) is -0.746. The van der Waals surface area contributed by atoms with Crippen LogP contribution in [0.15, 0.2) is 84.0 Å². The summed E-state index contributed by atoms with van der Waals surface area (Å²) in [5.41, 5.74) is 10.2. The number of nitrogens with one attached hydrogen (secondary N) is 3. The Morgan fingerprint density at radius 2 is 1.46 bits per heavy atom. The lowest BCUT2D eigenvalue weighted by atomic mass is 10.1. The van der Waals surface area contributed by atoms with Crippen LogP contribution in [-0.4, -0.2) is 12.2 Å². The van der Waals surface area contributed by atoms with E-state index in [4.69, 9.17) is 5.73 Å². The van der Waals surface area contributed by atoms with Crippen molar-refractivity contribution in [2.75, 3.05) is 16.0 Å². The number of aliphatic imine (C=N–C) groups is 1. The molecule has 5 N–H and O–H groups in total. The Hall–Kier alpha value is -4.11. The van der Waals surface area contributed by atoms with E-state index in [1.54, 1.807) is 30.5 Å². The van der Waals surface area contributed by atoms with Crippen LogP contribution in [0.25, 0.3) is 0 Å². The molecule has 0 saturated carbocycles. The molecule has 0 spiro atoms. The van der Waals surface area contributed by atoms with E-state index in [2.05, 4.69) is 20.9 Å². The van der Waals surface area contributed by atoms with Gasteiger partial charge in [0.2, 0.25) is 5.91 Å². The van der Waals surface area contributed by atoms with E-state index in [0.717, 1.165) is 28.9 Å². The second-order valence-electron chi connectivity index (χ2n) is 7.80. The normalized spacial score (nSPS) is 12.1. The molecule has 0 heterocycles. The molecule has 1 atom stereocenters. The fourth-order valence-corrected chi connectivity index (χ4v) is 3.22. The van der Waals surface area contributed by atoms with Crippen molar-refractivity contribution in [2.24, 2.45) is 10.7 Å². The minimum atomic E-state index is -4.38. The van der Waals surface area contributed by atoms with Gasteiger partial charge in [-0.15, -0.1) is 0 Å². The Balaban J connectivity index is 0.00000235. The molecule has 0 aliphatic rings. The van der Waals surface area contributed by atoms with E-state index in [1.807, 2.05) is 45.9 Å². The zero-order chi connectivity index (χ0) is 27.4. The molecule has 0 saturated heterocycles. The number of carbonyl (C=O) groups excluding carboxylic acids is 1. The van der Waals surface area contributed by atoms with Gasteiger partial charge in [0, 0.05) is 29.3 Å². The molecular weight excluding hydrogens is 479 g/mol. The van der Waals surface area contributed by atoms with Crippen LogP contribution in [0.3, 0.4) is 0 Å². The summed E-state index contributed by atoms with van der Waals surface area (Å²) in [6.45, 7) is 7.98. The molecular formula is C28H32F3N5O. The molecule has 6 nitrogen and oxygen atoms in total. The molecule has 0 bridgehead atoms. The molecule has 1 unspecified atom stereocenters. The number of rotatable bonds is 8. The highest BCUT2D eigenvalue weighted by Gasteiger charge is 2.29. The molecule has 196 valence electrons. The lowest BCUT2D eigenvalue weighted by molar-refractivity contribution is -0.137. The fraction of sp³-hybridized carbons (Fsp3) is 0.214. The van der Waals surface area contributed by atoms with E-state index >= 15 is 0 Å². The van der Waals surface area contributed by atoms with Crippen LogP contribution in [0.2, 0.25) is 0 Å². The van der Waals surface area contributed by atoms with E-state index in [9.17, 15) is 18.0 Å². The smallest absolute Gasteiger partial charge is 0.361 e. The number of carbonyl (C=O) groups is 1. The lowest BCUT2D eigenvalue weighted by Gasteiger charge is -2.10. The van der Waals surface area contributed by atoms with Crippen LogP contribution < -0.4 is 21.7 Å². The summed E-state index contributed by atoms with van der Waals surface area (Å²) in [5.74, 6) is -0.292. The predicted molar refractivity (Wildman–Crippen MR) is 146 cm³/mol. The van der Waals surface area contributed by atoms with E-state index in [1.165, 1.54) is 24.5 Å². The standard InChI is InChI=1S/C26H26F3N5O.C2H6/c1-17-4-3-5-18(2)24(17)31-15-14-23(35)34-22-10-6-19(7-11-22)25(30)33-16-32-21-12-8-20(9-13-21)26(27,28)29;1-2/h3-16,25,31H,30H2,1-2H3,(H,32,33)(H,34,35);1-2H3/b15-14+;. The van der Waals surface area contributed by atoms with Crippen molar-refractivity contribution < 1.29 is 18.0 Å². The number of benzene rings is 3. The van der Waals surface area contributed by atoms with Crippen LogP contribution in [0.5, 0.6) is 0 Å². The van der Waals surface area contributed by atoms with Crippen LogP contribution in [0.1, 0.15) is 42.3 Å². The molecule has 0 fully saturated rings. The first-order valence-electron chi connectivity index (χ1n) is 11.7. The van der Waals surface area contributed by atoms with E-state index in [0.29, 0.717) is 16.9 Å². The molecule has 1 amide bonds. The van der Waals surface area contributed by atoms with Crippen LogP contribution in [0.4, 0.5) is 30.2 Å². The highest BCUT2D eigenvalue weighted by Crippen LogP contribution is 2.29. The van der Waals surface area contributed by atoms with Crippen molar-refractivity contribution in [3.05, 3.63) is 101 Å². The minimum Gasteiger partial charge on any atom is -0.361 e. The molecule has 3 aromatic rings. The van der Waals surface area contributed by atoms with Crippen molar-refractivity contribution in [2.45, 2.75) is 40.0 Å². The van der Waals surface area contributed by atoms with E-state index in [-0.39, 0.29) is 5.91 Å². The SMILES string of the molecule is CC.Cc1cccc(C)c1N/C=C/C(=O)Nc1ccc(C(N)/N=C\Nc2ccc(C(F)(F)F)cc2)cc1. The lowest BCUT2D eigenvalue weighted by Crippen LogP contribution is -2.11. The third-order valence-corrected chi connectivity index (χ3v) is 5.14. The third kappa shape index (κ3) is 9.12. The Morgan fingerprint density at radius 1 is 0.892 bits per heavy atom. The van der Waals surface area contributed by atoms with Crippen molar-refractivity contribution in [1.82, 2.24) is 0 Å². The number of hydrogen-bond acceptors (Lipinski definition) is 4. The van der Waals surface area contributed by atoms with Gasteiger partial charge in [-0.05, 0) is 66.9 Å². The maximum atomic E-state index is 12.6. The van der Waals surface area contributed by atoms with E-state index < -0.39 is 17.9 Å². The Morgan fingerprint density at radius 3 is 2.03 bits per heavy atom. The fourth-order valence-electron chi connectivity index (χ4n) is 3.22. The number of hydrogen-bond donors (Lipinski definition) is 4. The predicted octanol–water partition coefficient (Wildman–Crippen LogP) is 7.01. The van der Waals surface area contributed by atoms with Crippen molar-refractivity contribution in [1.29, 1.82) is 0 Å². The van der Waals surface area contributed by atoms with Gasteiger partial charge in [0.25, 0.3) is 0 Å². The minimum absolute atomic E-state index is 0.292. The summed E-state index contributed by atoms with van der Waals surface area (Å²) < 4.78 is 37.8. The quantitative estimate of drug-likeness (QED) is 0.149. The van der Waals surface area contributed by atoms with Gasteiger partial charge in [0.05, 0.1) is 11.9 Å². The average Bonchev–Trinajstić information content (AvgIpc) is 2.87. The summed E-state index contributed by atoms with van der Waals surface area (Å²) in [6, 6.07) is 17.4. The summed E-state index contributed by atoms with van der Waals surface area (Å²) in [5, 5.41) is 8.69. The number of anilines is 3. The third-order valence-electron chi connectivity index (χ3n) is 5.14. The second-order valence-corrected chi connectivity index (χ2v) is 7.80. The summed E-state index contributed by atoms with van der Waals surface area (Å²) in [4.78, 5) is 16.3. The van der Waals surface area contributed by atoms with Gasteiger partial charge in [-0.1, -0.05) is 44.2 Å². The monoisotopic (exact) mass is 511 g/mol.